The van der Waals surface area contributed by atoms with Crippen molar-refractivity contribution in [2.24, 2.45) is 0 Å². The van der Waals surface area contributed by atoms with Gasteiger partial charge >= 0.3 is 6.03 Å². The highest BCUT2D eigenvalue weighted by atomic mass is 35.5. The van der Waals surface area contributed by atoms with Gasteiger partial charge in [0, 0.05) is 36.0 Å². The topological polar surface area (TPSA) is 115 Å². The fraction of sp³-hybridized carbons (Fsp3) is 0.217. The molecule has 2 heterocycles. The summed E-state index contributed by atoms with van der Waals surface area (Å²) in [6.07, 6.45) is 1.13. The van der Waals surface area contributed by atoms with Crippen molar-refractivity contribution in [3.05, 3.63) is 83.0 Å². The summed E-state index contributed by atoms with van der Waals surface area (Å²) in [6.45, 7) is 0.0921. The van der Waals surface area contributed by atoms with E-state index in [1.807, 2.05) is 6.07 Å². The van der Waals surface area contributed by atoms with Crippen molar-refractivity contribution in [1.82, 2.24) is 14.8 Å². The molecule has 1 unspecified atom stereocenters. The molecule has 2 aromatic carbocycles. The van der Waals surface area contributed by atoms with Gasteiger partial charge in [0.05, 0.1) is 11.9 Å². The molecule has 32 heavy (non-hydrogen) atoms. The lowest BCUT2D eigenvalue weighted by Crippen LogP contribution is -2.54. The Bertz CT molecular complexity index is 1210. The number of rotatable bonds is 5. The number of benzene rings is 2. The minimum atomic E-state index is -1.95. The Balaban J connectivity index is 1.61. The summed E-state index contributed by atoms with van der Waals surface area (Å²) < 4.78 is 1.32. The van der Waals surface area contributed by atoms with Gasteiger partial charge in [-0.1, -0.05) is 41.9 Å². The Kier molecular flexibility index (Phi) is 5.82. The smallest absolute Gasteiger partial charge is 0.328 e. The first-order valence-corrected chi connectivity index (χ1v) is 10.4. The zero-order chi connectivity index (χ0) is 22.9. The van der Waals surface area contributed by atoms with Crippen molar-refractivity contribution in [3.8, 4) is 0 Å². The van der Waals surface area contributed by atoms with Crippen LogP contribution in [0.3, 0.4) is 0 Å². The minimum absolute atomic E-state index is 0.0410. The van der Waals surface area contributed by atoms with Crippen LogP contribution in [0.15, 0.2) is 72.4 Å². The van der Waals surface area contributed by atoms with Gasteiger partial charge < -0.3 is 20.6 Å². The molecule has 3 aromatic rings. The van der Waals surface area contributed by atoms with E-state index in [1.165, 1.54) is 4.57 Å². The van der Waals surface area contributed by atoms with E-state index in [0.717, 1.165) is 10.3 Å². The molecule has 9 heteroatoms. The maximum Gasteiger partial charge on any atom is 0.328 e. The molecular formula is C23H22ClN3O5. The lowest BCUT2D eigenvalue weighted by atomic mass is 9.98. The van der Waals surface area contributed by atoms with Crippen LogP contribution < -0.4 is 5.32 Å². The summed E-state index contributed by atoms with van der Waals surface area (Å²) in [5.74, 6) is -1.45. The Morgan fingerprint density at radius 2 is 1.84 bits per heavy atom. The first-order chi connectivity index (χ1) is 15.3. The normalized spacial score (nSPS) is 15.8. The van der Waals surface area contributed by atoms with Crippen molar-refractivity contribution in [2.75, 3.05) is 6.54 Å². The third-order valence-electron chi connectivity index (χ3n) is 5.38. The van der Waals surface area contributed by atoms with Gasteiger partial charge in [-0.15, -0.1) is 0 Å². The second-order valence-corrected chi connectivity index (χ2v) is 8.19. The zero-order valence-electron chi connectivity index (χ0n) is 17.0. The van der Waals surface area contributed by atoms with Crippen LogP contribution in [0.2, 0.25) is 5.02 Å². The standard InChI is InChI=1S/C23H22ClN3O5/c24-17-6-7-18-16(12-17)8-10-26(18)22(31)25-23(32,13-15-4-2-1-3-5-15)14-20(29)27-11-9-19(28)21(27)30/h1-8,10,12,28,30,32H,9,11,13-14H2,(H,25,31). The van der Waals surface area contributed by atoms with E-state index in [9.17, 15) is 24.9 Å². The van der Waals surface area contributed by atoms with Crippen molar-refractivity contribution >= 4 is 34.4 Å². The number of fused-ring (bicyclic) bond motifs is 1. The molecule has 1 aliphatic heterocycles. The summed E-state index contributed by atoms with van der Waals surface area (Å²) in [6, 6.07) is 15.1. The molecule has 0 saturated heterocycles. The number of aliphatic hydroxyl groups is 3. The van der Waals surface area contributed by atoms with Gasteiger partial charge in [0.15, 0.2) is 11.5 Å². The van der Waals surface area contributed by atoms with Gasteiger partial charge in [-0.05, 0) is 29.8 Å². The second kappa shape index (κ2) is 8.57. The molecule has 1 atom stereocenters. The van der Waals surface area contributed by atoms with Gasteiger partial charge in [0.25, 0.3) is 0 Å². The van der Waals surface area contributed by atoms with Gasteiger partial charge in [-0.2, -0.15) is 0 Å². The van der Waals surface area contributed by atoms with Crippen molar-refractivity contribution in [3.63, 3.8) is 0 Å². The van der Waals surface area contributed by atoms with E-state index >= 15 is 0 Å². The first kappa shape index (κ1) is 21.7. The van der Waals surface area contributed by atoms with E-state index in [1.54, 1.807) is 54.7 Å². The van der Waals surface area contributed by atoms with Gasteiger partial charge in [-0.25, -0.2) is 4.79 Å². The molecule has 0 aliphatic carbocycles. The van der Waals surface area contributed by atoms with Crippen LogP contribution in [0.5, 0.6) is 0 Å². The number of aromatic nitrogens is 1. The Labute approximate surface area is 188 Å². The molecular weight excluding hydrogens is 434 g/mol. The van der Waals surface area contributed by atoms with Crippen LogP contribution in [0, 0.1) is 0 Å². The summed E-state index contributed by atoms with van der Waals surface area (Å²) in [5.41, 5.74) is -0.654. The Hall–Kier alpha value is -3.49. The highest BCUT2D eigenvalue weighted by molar-refractivity contribution is 6.31. The quantitative estimate of drug-likeness (QED) is 0.438. The predicted octanol–water partition coefficient (Wildman–Crippen LogP) is 3.69. The number of hydrogen-bond donors (Lipinski definition) is 4. The van der Waals surface area contributed by atoms with Crippen LogP contribution in [-0.2, 0) is 11.2 Å². The average molecular weight is 456 g/mol. The van der Waals surface area contributed by atoms with Crippen LogP contribution >= 0.6 is 11.6 Å². The molecule has 1 aliphatic rings. The van der Waals surface area contributed by atoms with E-state index in [2.05, 4.69) is 5.32 Å². The molecule has 166 valence electrons. The minimum Gasteiger partial charge on any atom is -0.507 e. The van der Waals surface area contributed by atoms with Crippen molar-refractivity contribution in [1.29, 1.82) is 0 Å². The Morgan fingerprint density at radius 1 is 1.09 bits per heavy atom. The van der Waals surface area contributed by atoms with E-state index in [4.69, 9.17) is 11.6 Å². The third-order valence-corrected chi connectivity index (χ3v) is 5.62. The lowest BCUT2D eigenvalue weighted by Gasteiger charge is -2.30. The summed E-state index contributed by atoms with van der Waals surface area (Å²) in [4.78, 5) is 26.9. The predicted molar refractivity (Wildman–Crippen MR) is 119 cm³/mol. The number of aliphatic hydroxyl groups excluding tert-OH is 2. The lowest BCUT2D eigenvalue weighted by molar-refractivity contribution is -0.136. The van der Waals surface area contributed by atoms with Crippen LogP contribution in [0.1, 0.15) is 18.4 Å². The molecule has 2 amide bonds. The number of nitrogens with zero attached hydrogens (tertiary/aromatic N) is 2. The van der Waals surface area contributed by atoms with Gasteiger partial charge in [0.1, 0.15) is 0 Å². The molecule has 4 rings (SSSR count). The zero-order valence-corrected chi connectivity index (χ0v) is 17.8. The fourth-order valence-electron chi connectivity index (χ4n) is 3.81. The molecule has 0 fully saturated rings. The third kappa shape index (κ3) is 4.42. The summed E-state index contributed by atoms with van der Waals surface area (Å²) >= 11 is 6.01. The van der Waals surface area contributed by atoms with Crippen LogP contribution in [-0.4, -0.2) is 49.0 Å². The number of carbonyl (C=O) groups excluding carboxylic acids is 2. The number of amides is 2. The Morgan fingerprint density at radius 3 is 2.53 bits per heavy atom. The molecule has 0 radical (unpaired) electrons. The number of carbonyl (C=O) groups is 2. The number of halogens is 1. The van der Waals surface area contributed by atoms with Crippen LogP contribution in [0.4, 0.5) is 4.79 Å². The monoisotopic (exact) mass is 455 g/mol. The van der Waals surface area contributed by atoms with E-state index in [-0.39, 0.29) is 25.1 Å². The van der Waals surface area contributed by atoms with Crippen LogP contribution in [0.25, 0.3) is 10.9 Å². The molecule has 1 aromatic heterocycles. The van der Waals surface area contributed by atoms with Crippen molar-refractivity contribution in [2.45, 2.75) is 25.0 Å². The molecule has 4 N–H and O–H groups in total. The highest BCUT2D eigenvalue weighted by Crippen LogP contribution is 2.24. The van der Waals surface area contributed by atoms with Crippen molar-refractivity contribution < 1.29 is 24.9 Å². The fourth-order valence-corrected chi connectivity index (χ4v) is 3.99. The van der Waals surface area contributed by atoms with Gasteiger partial charge in [-0.3, -0.25) is 14.3 Å². The van der Waals surface area contributed by atoms with E-state index < -0.39 is 30.0 Å². The molecule has 0 saturated carbocycles. The first-order valence-electron chi connectivity index (χ1n) is 10.0. The largest absolute Gasteiger partial charge is 0.507 e. The molecule has 8 nitrogen and oxygen atoms in total. The number of nitrogens with one attached hydrogen (secondary N) is 1. The maximum absolute atomic E-state index is 13.1. The SMILES string of the molecule is O=C(CC(O)(Cc1ccccc1)NC(=O)n1ccc2cc(Cl)ccc21)N1CCC(O)=C1O. The molecule has 0 bridgehead atoms. The highest BCUT2D eigenvalue weighted by Gasteiger charge is 2.37. The summed E-state index contributed by atoms with van der Waals surface area (Å²) in [5, 5.41) is 34.8. The maximum atomic E-state index is 13.1. The summed E-state index contributed by atoms with van der Waals surface area (Å²) in [7, 11) is 0. The van der Waals surface area contributed by atoms with Gasteiger partial charge in [0.2, 0.25) is 11.8 Å². The average Bonchev–Trinajstić information content (AvgIpc) is 3.31. The number of hydrogen-bond acceptors (Lipinski definition) is 5. The van der Waals surface area contributed by atoms with E-state index in [0.29, 0.717) is 16.1 Å². The molecule has 0 spiro atoms. The second-order valence-electron chi connectivity index (χ2n) is 7.76.